The van der Waals surface area contributed by atoms with Crippen LogP contribution in [0.1, 0.15) is 12.5 Å². The highest BCUT2D eigenvalue weighted by Crippen LogP contribution is 2.21. The van der Waals surface area contributed by atoms with Crippen molar-refractivity contribution in [1.82, 2.24) is 9.97 Å². The van der Waals surface area contributed by atoms with Crippen LogP contribution in [0.15, 0.2) is 40.3 Å². The lowest BCUT2D eigenvalue weighted by Crippen LogP contribution is -2.23. The van der Waals surface area contributed by atoms with Crippen LogP contribution in [0.2, 0.25) is 0 Å². The molecule has 110 valence electrons. The van der Waals surface area contributed by atoms with E-state index < -0.39 is 5.25 Å². The smallest absolute Gasteiger partial charge is 0.253 e. The number of thioether (sulfide) groups is 1. The lowest BCUT2D eigenvalue weighted by molar-refractivity contribution is -0.115. The van der Waals surface area contributed by atoms with Crippen LogP contribution in [-0.2, 0) is 4.79 Å². The highest BCUT2D eigenvalue weighted by atomic mass is 32.2. The molecule has 0 aliphatic rings. The first-order valence-electron chi connectivity index (χ1n) is 6.35. The molecule has 1 amide bonds. The molecule has 4 N–H and O–H groups in total. The maximum Gasteiger partial charge on any atom is 0.253 e. The summed E-state index contributed by atoms with van der Waals surface area (Å²) < 4.78 is 0. The third-order valence-electron chi connectivity index (χ3n) is 2.80. The van der Waals surface area contributed by atoms with Crippen molar-refractivity contribution in [3.05, 3.63) is 46.2 Å². The van der Waals surface area contributed by atoms with Crippen LogP contribution < -0.4 is 16.6 Å². The van der Waals surface area contributed by atoms with E-state index in [1.54, 1.807) is 6.92 Å². The van der Waals surface area contributed by atoms with Crippen molar-refractivity contribution in [2.75, 3.05) is 11.1 Å². The molecule has 0 aliphatic heterocycles. The largest absolute Gasteiger partial charge is 0.383 e. The third-order valence-corrected chi connectivity index (χ3v) is 3.78. The maximum absolute atomic E-state index is 12.2. The number of aryl methyl sites for hydroxylation is 1. The second-order valence-electron chi connectivity index (χ2n) is 4.54. The van der Waals surface area contributed by atoms with Crippen molar-refractivity contribution in [2.45, 2.75) is 24.3 Å². The Balaban J connectivity index is 2.06. The second kappa shape index (κ2) is 6.45. The number of amides is 1. The van der Waals surface area contributed by atoms with Gasteiger partial charge in [-0.15, -0.1) is 0 Å². The number of nitrogens with two attached hydrogens (primary N) is 1. The Labute approximate surface area is 126 Å². The van der Waals surface area contributed by atoms with Gasteiger partial charge in [-0.25, -0.2) is 4.98 Å². The van der Waals surface area contributed by atoms with Gasteiger partial charge in [0.2, 0.25) is 5.91 Å². The molecule has 1 aromatic heterocycles. The van der Waals surface area contributed by atoms with Gasteiger partial charge in [-0.2, -0.15) is 0 Å². The highest BCUT2D eigenvalue weighted by molar-refractivity contribution is 8.00. The van der Waals surface area contributed by atoms with Crippen LogP contribution in [0.25, 0.3) is 0 Å². The van der Waals surface area contributed by atoms with Crippen LogP contribution in [0, 0.1) is 6.92 Å². The summed E-state index contributed by atoms with van der Waals surface area (Å²) in [4.78, 5) is 30.0. The first kappa shape index (κ1) is 15.1. The molecule has 7 heteroatoms. The fourth-order valence-corrected chi connectivity index (χ4v) is 2.50. The van der Waals surface area contributed by atoms with Crippen LogP contribution in [-0.4, -0.2) is 21.1 Å². The van der Waals surface area contributed by atoms with Crippen molar-refractivity contribution in [1.29, 1.82) is 0 Å². The van der Waals surface area contributed by atoms with Gasteiger partial charge in [-0.3, -0.25) is 9.59 Å². The number of rotatable bonds is 4. The number of carbonyl (C=O) groups excluding carboxylic acids is 1. The number of aromatic amines is 1. The molecule has 0 saturated carbocycles. The summed E-state index contributed by atoms with van der Waals surface area (Å²) in [5.74, 6) is -0.0351. The van der Waals surface area contributed by atoms with E-state index in [2.05, 4.69) is 15.3 Å². The molecule has 1 atom stereocenters. The Hall–Kier alpha value is -2.28. The quantitative estimate of drug-likeness (QED) is 0.590. The van der Waals surface area contributed by atoms with Gasteiger partial charge in [0.1, 0.15) is 5.82 Å². The molecule has 1 aromatic carbocycles. The standard InChI is InChI=1S/C14H16N4O2S/c1-8-5-3-4-6-10(8)16-13(20)9(2)21-14-17-11(15)7-12(19)18-14/h3-7,9H,1-2H3,(H,16,20)(H3,15,17,18,19)/t9-/m0/s1. The van der Waals surface area contributed by atoms with Crippen molar-refractivity contribution in [2.24, 2.45) is 0 Å². The SMILES string of the molecule is Cc1ccccc1NC(=O)[C@H](C)Sc1nc(N)cc(=O)[nH]1. The number of aromatic nitrogens is 2. The summed E-state index contributed by atoms with van der Waals surface area (Å²) in [6.45, 7) is 3.66. The van der Waals surface area contributed by atoms with Crippen LogP contribution in [0.3, 0.4) is 0 Å². The Morgan fingerprint density at radius 2 is 2.14 bits per heavy atom. The monoisotopic (exact) mass is 304 g/mol. The fourth-order valence-electron chi connectivity index (χ4n) is 1.68. The lowest BCUT2D eigenvalue weighted by Gasteiger charge is -2.12. The van der Waals surface area contributed by atoms with Gasteiger partial charge < -0.3 is 16.0 Å². The van der Waals surface area contributed by atoms with E-state index in [0.29, 0.717) is 5.16 Å². The van der Waals surface area contributed by atoms with Crippen LogP contribution in [0.4, 0.5) is 11.5 Å². The van der Waals surface area contributed by atoms with Crippen molar-refractivity contribution in [3.63, 3.8) is 0 Å². The summed E-state index contributed by atoms with van der Waals surface area (Å²) in [6, 6.07) is 8.72. The molecular weight excluding hydrogens is 288 g/mol. The minimum Gasteiger partial charge on any atom is -0.383 e. The zero-order valence-corrected chi connectivity index (χ0v) is 12.5. The molecule has 0 aliphatic carbocycles. The van der Waals surface area contributed by atoms with Crippen LogP contribution >= 0.6 is 11.8 Å². The summed E-state index contributed by atoms with van der Waals surface area (Å²) in [5, 5.41) is 2.75. The van der Waals surface area contributed by atoms with Gasteiger partial charge in [0, 0.05) is 11.8 Å². The molecule has 2 rings (SSSR count). The molecular formula is C14H16N4O2S. The summed E-state index contributed by atoms with van der Waals surface area (Å²) in [7, 11) is 0. The Morgan fingerprint density at radius 3 is 2.81 bits per heavy atom. The van der Waals surface area contributed by atoms with Gasteiger partial charge >= 0.3 is 0 Å². The lowest BCUT2D eigenvalue weighted by atomic mass is 10.2. The van der Waals surface area contributed by atoms with E-state index >= 15 is 0 Å². The zero-order valence-electron chi connectivity index (χ0n) is 11.7. The number of hydrogen-bond donors (Lipinski definition) is 3. The van der Waals surface area contributed by atoms with Gasteiger partial charge in [0.15, 0.2) is 5.16 Å². The van der Waals surface area contributed by atoms with E-state index in [1.807, 2.05) is 31.2 Å². The summed E-state index contributed by atoms with van der Waals surface area (Å²) in [6.07, 6.45) is 0. The van der Waals surface area contributed by atoms with Crippen molar-refractivity contribution in [3.8, 4) is 0 Å². The number of nitrogens with zero attached hydrogens (tertiary/aromatic N) is 1. The molecule has 1 heterocycles. The molecule has 0 fully saturated rings. The average molecular weight is 304 g/mol. The maximum atomic E-state index is 12.2. The predicted octanol–water partition coefficient (Wildman–Crippen LogP) is 1.78. The van der Waals surface area contributed by atoms with Crippen molar-refractivity contribution < 1.29 is 4.79 Å². The minimum absolute atomic E-state index is 0.132. The molecule has 2 aromatic rings. The summed E-state index contributed by atoms with van der Waals surface area (Å²) in [5.41, 5.74) is 6.93. The first-order valence-corrected chi connectivity index (χ1v) is 7.23. The summed E-state index contributed by atoms with van der Waals surface area (Å²) >= 11 is 1.15. The third kappa shape index (κ3) is 4.09. The Morgan fingerprint density at radius 1 is 1.43 bits per heavy atom. The van der Waals surface area contributed by atoms with E-state index in [0.717, 1.165) is 23.0 Å². The molecule has 0 spiro atoms. The average Bonchev–Trinajstić information content (AvgIpc) is 2.40. The molecule has 0 saturated heterocycles. The van der Waals surface area contributed by atoms with Gasteiger partial charge in [0.25, 0.3) is 5.56 Å². The Kier molecular flexibility index (Phi) is 4.64. The predicted molar refractivity (Wildman–Crippen MR) is 84.4 cm³/mol. The van der Waals surface area contributed by atoms with Gasteiger partial charge in [-0.1, -0.05) is 30.0 Å². The zero-order chi connectivity index (χ0) is 15.4. The minimum atomic E-state index is -0.422. The number of nitrogens with one attached hydrogen (secondary N) is 2. The first-order chi connectivity index (χ1) is 9.95. The number of carbonyl (C=O) groups is 1. The second-order valence-corrected chi connectivity index (χ2v) is 5.87. The number of anilines is 2. The number of H-pyrrole nitrogens is 1. The fraction of sp³-hybridized carbons (Fsp3) is 0.214. The highest BCUT2D eigenvalue weighted by Gasteiger charge is 2.16. The van der Waals surface area contributed by atoms with E-state index in [9.17, 15) is 9.59 Å². The van der Waals surface area contributed by atoms with Crippen molar-refractivity contribution >= 4 is 29.2 Å². The number of hydrogen-bond acceptors (Lipinski definition) is 5. The molecule has 6 nitrogen and oxygen atoms in total. The normalized spacial score (nSPS) is 11.9. The number of para-hydroxylation sites is 1. The molecule has 0 bridgehead atoms. The molecule has 21 heavy (non-hydrogen) atoms. The number of benzene rings is 1. The Bertz CT molecular complexity index is 714. The van der Waals surface area contributed by atoms with E-state index in [-0.39, 0.29) is 17.3 Å². The molecule has 0 unspecified atom stereocenters. The van der Waals surface area contributed by atoms with Crippen LogP contribution in [0.5, 0.6) is 0 Å². The van der Waals surface area contributed by atoms with Gasteiger partial charge in [-0.05, 0) is 25.5 Å². The molecule has 0 radical (unpaired) electrons. The van der Waals surface area contributed by atoms with E-state index in [1.165, 1.54) is 6.07 Å². The topological polar surface area (TPSA) is 101 Å². The number of nitrogen functional groups attached to an aromatic ring is 1. The van der Waals surface area contributed by atoms with Gasteiger partial charge in [0.05, 0.1) is 5.25 Å². The van der Waals surface area contributed by atoms with E-state index in [4.69, 9.17) is 5.73 Å².